The van der Waals surface area contributed by atoms with Crippen molar-refractivity contribution in [2.75, 3.05) is 18.1 Å². The maximum absolute atomic E-state index is 6.07. The van der Waals surface area contributed by atoms with Gasteiger partial charge in [0.1, 0.15) is 11.5 Å². The van der Waals surface area contributed by atoms with Crippen molar-refractivity contribution >= 4 is 11.8 Å². The number of H-pyrrole nitrogens is 1. The van der Waals surface area contributed by atoms with Crippen LogP contribution in [0.2, 0.25) is 0 Å². The largest absolute Gasteiger partial charge is 0.458 e. The van der Waals surface area contributed by atoms with Gasteiger partial charge in [-0.05, 0) is 43.2 Å². The molecular formula is C16H21N3O2S. The second kappa shape index (κ2) is 6.10. The smallest absolute Gasteiger partial charge is 0.152 e. The van der Waals surface area contributed by atoms with E-state index in [1.54, 1.807) is 6.20 Å². The summed E-state index contributed by atoms with van der Waals surface area (Å²) in [5.41, 5.74) is 1.05. The van der Waals surface area contributed by atoms with Gasteiger partial charge in [0, 0.05) is 24.6 Å². The van der Waals surface area contributed by atoms with Crippen LogP contribution >= 0.6 is 11.8 Å². The number of furan rings is 1. The summed E-state index contributed by atoms with van der Waals surface area (Å²) in [6, 6.07) is 6.46. The van der Waals surface area contributed by atoms with Gasteiger partial charge < -0.3 is 14.5 Å². The summed E-state index contributed by atoms with van der Waals surface area (Å²) < 4.78 is 11.9. The predicted molar refractivity (Wildman–Crippen MR) is 86.8 cm³/mol. The molecule has 2 fully saturated rings. The van der Waals surface area contributed by atoms with Crippen LogP contribution in [0.5, 0.6) is 0 Å². The third-order valence-corrected chi connectivity index (χ3v) is 5.78. The van der Waals surface area contributed by atoms with Gasteiger partial charge in [-0.3, -0.25) is 5.10 Å². The van der Waals surface area contributed by atoms with Crippen LogP contribution in [0.4, 0.5) is 0 Å². The molecule has 2 saturated heterocycles. The van der Waals surface area contributed by atoms with Crippen LogP contribution < -0.4 is 5.32 Å². The summed E-state index contributed by atoms with van der Waals surface area (Å²) >= 11 is 2.02. The monoisotopic (exact) mass is 319 g/mol. The van der Waals surface area contributed by atoms with Crippen molar-refractivity contribution in [3.8, 4) is 11.5 Å². The normalized spacial score (nSPS) is 28.5. The highest BCUT2D eigenvalue weighted by atomic mass is 32.2. The Morgan fingerprint density at radius 3 is 3.23 bits per heavy atom. The number of aromatic amines is 1. The number of hydrogen-bond donors (Lipinski definition) is 2. The number of nitrogens with one attached hydrogen (secondary N) is 2. The SMILES string of the molecule is c1cc(-c2ccc(CN[C@H]3CCO[C@]4(CCSC4)C3)o2)[nH]n1. The zero-order valence-corrected chi connectivity index (χ0v) is 13.3. The van der Waals surface area contributed by atoms with Crippen LogP contribution in [0, 0.1) is 0 Å². The lowest BCUT2D eigenvalue weighted by molar-refractivity contribution is -0.0704. The fourth-order valence-corrected chi connectivity index (χ4v) is 4.70. The minimum atomic E-state index is 0.130. The van der Waals surface area contributed by atoms with E-state index in [1.165, 1.54) is 12.2 Å². The van der Waals surface area contributed by atoms with E-state index in [2.05, 4.69) is 15.5 Å². The van der Waals surface area contributed by atoms with Crippen molar-refractivity contribution in [2.45, 2.75) is 37.5 Å². The second-order valence-electron chi connectivity index (χ2n) is 6.14. The van der Waals surface area contributed by atoms with Crippen LogP contribution in [-0.2, 0) is 11.3 Å². The fraction of sp³-hybridized carbons (Fsp3) is 0.562. The summed E-state index contributed by atoms with van der Waals surface area (Å²) in [7, 11) is 0. The molecule has 5 nitrogen and oxygen atoms in total. The first-order chi connectivity index (χ1) is 10.8. The van der Waals surface area contributed by atoms with Crippen molar-refractivity contribution in [1.29, 1.82) is 0 Å². The van der Waals surface area contributed by atoms with Crippen molar-refractivity contribution in [3.05, 3.63) is 30.2 Å². The minimum absolute atomic E-state index is 0.130. The Morgan fingerprint density at radius 1 is 1.41 bits per heavy atom. The molecule has 0 bridgehead atoms. The molecule has 22 heavy (non-hydrogen) atoms. The lowest BCUT2D eigenvalue weighted by Crippen LogP contribution is -2.47. The van der Waals surface area contributed by atoms with E-state index in [-0.39, 0.29) is 5.60 Å². The summed E-state index contributed by atoms with van der Waals surface area (Å²) in [5, 5.41) is 10.5. The maximum atomic E-state index is 6.07. The molecule has 0 saturated carbocycles. The van der Waals surface area contributed by atoms with Gasteiger partial charge in [-0.1, -0.05) is 0 Å². The maximum Gasteiger partial charge on any atom is 0.152 e. The van der Waals surface area contributed by atoms with E-state index in [9.17, 15) is 0 Å². The first kappa shape index (κ1) is 14.4. The minimum Gasteiger partial charge on any atom is -0.458 e. The number of ether oxygens (including phenoxy) is 1. The molecule has 118 valence electrons. The third kappa shape index (κ3) is 2.95. The molecule has 2 aromatic rings. The van der Waals surface area contributed by atoms with Crippen molar-refractivity contribution in [2.24, 2.45) is 0 Å². The standard InChI is InChI=1S/C16H21N3O2S/c1-2-15(14-3-6-18-19-14)21-13(1)10-17-12-4-7-20-16(9-12)5-8-22-11-16/h1-3,6,12,17H,4-5,7-11H2,(H,18,19)/t12-,16+/m0/s1. The Hall–Kier alpha value is -1.24. The summed E-state index contributed by atoms with van der Waals surface area (Å²) in [4.78, 5) is 0. The number of aromatic nitrogens is 2. The van der Waals surface area contributed by atoms with Crippen molar-refractivity contribution in [3.63, 3.8) is 0 Å². The number of thioether (sulfide) groups is 1. The topological polar surface area (TPSA) is 63.1 Å². The molecule has 0 aliphatic carbocycles. The lowest BCUT2D eigenvalue weighted by atomic mass is 9.90. The quantitative estimate of drug-likeness (QED) is 0.907. The molecule has 6 heteroatoms. The van der Waals surface area contributed by atoms with Gasteiger partial charge in [0.25, 0.3) is 0 Å². The highest BCUT2D eigenvalue weighted by Crippen LogP contribution is 2.38. The van der Waals surface area contributed by atoms with Gasteiger partial charge in [0.2, 0.25) is 0 Å². The van der Waals surface area contributed by atoms with Crippen LogP contribution in [0.15, 0.2) is 28.8 Å². The Morgan fingerprint density at radius 2 is 2.41 bits per heavy atom. The van der Waals surface area contributed by atoms with Gasteiger partial charge in [-0.15, -0.1) is 0 Å². The molecule has 2 aliphatic rings. The number of hydrogen-bond acceptors (Lipinski definition) is 5. The molecule has 2 atom stereocenters. The first-order valence-corrected chi connectivity index (χ1v) is 9.02. The lowest BCUT2D eigenvalue weighted by Gasteiger charge is -2.38. The van der Waals surface area contributed by atoms with Gasteiger partial charge in [-0.2, -0.15) is 16.9 Å². The molecule has 0 amide bonds. The van der Waals surface area contributed by atoms with E-state index >= 15 is 0 Å². The highest BCUT2D eigenvalue weighted by molar-refractivity contribution is 7.99. The molecular weight excluding hydrogens is 298 g/mol. The van der Waals surface area contributed by atoms with Crippen LogP contribution in [0.3, 0.4) is 0 Å². The molecule has 2 aromatic heterocycles. The summed E-state index contributed by atoms with van der Waals surface area (Å²) in [6.07, 6.45) is 5.13. The number of nitrogens with zero attached hydrogens (tertiary/aromatic N) is 1. The summed E-state index contributed by atoms with van der Waals surface area (Å²) in [6.45, 7) is 1.64. The van der Waals surface area contributed by atoms with Crippen LogP contribution in [0.1, 0.15) is 25.0 Å². The fourth-order valence-electron chi connectivity index (χ4n) is 3.32. The molecule has 4 heterocycles. The number of rotatable bonds is 4. The van der Waals surface area contributed by atoms with E-state index in [0.717, 1.165) is 49.0 Å². The first-order valence-electron chi connectivity index (χ1n) is 7.87. The Labute approximate surface area is 134 Å². The average Bonchev–Trinajstić information content (AvgIpc) is 3.27. The highest BCUT2D eigenvalue weighted by Gasteiger charge is 2.40. The van der Waals surface area contributed by atoms with E-state index < -0.39 is 0 Å². The van der Waals surface area contributed by atoms with E-state index in [1.807, 2.05) is 30.0 Å². The van der Waals surface area contributed by atoms with Gasteiger partial charge in [-0.25, -0.2) is 0 Å². The zero-order chi connectivity index (χ0) is 14.8. The average molecular weight is 319 g/mol. The molecule has 2 aliphatic heterocycles. The Balaban J connectivity index is 1.34. The summed E-state index contributed by atoms with van der Waals surface area (Å²) in [5.74, 6) is 4.19. The molecule has 4 rings (SSSR count). The van der Waals surface area contributed by atoms with Crippen molar-refractivity contribution in [1.82, 2.24) is 15.5 Å². The molecule has 0 radical (unpaired) electrons. The molecule has 2 N–H and O–H groups in total. The van der Waals surface area contributed by atoms with E-state index in [0.29, 0.717) is 6.04 Å². The molecule has 0 unspecified atom stereocenters. The van der Waals surface area contributed by atoms with Crippen molar-refractivity contribution < 1.29 is 9.15 Å². The zero-order valence-electron chi connectivity index (χ0n) is 12.5. The predicted octanol–water partition coefficient (Wildman–Crippen LogP) is 2.81. The molecule has 0 aromatic carbocycles. The third-order valence-electron chi connectivity index (χ3n) is 4.55. The Kier molecular flexibility index (Phi) is 3.98. The van der Waals surface area contributed by atoms with Gasteiger partial charge in [0.05, 0.1) is 12.1 Å². The van der Waals surface area contributed by atoms with E-state index in [4.69, 9.17) is 9.15 Å². The van der Waals surface area contributed by atoms with Crippen LogP contribution in [0.25, 0.3) is 11.5 Å². The van der Waals surface area contributed by atoms with Gasteiger partial charge >= 0.3 is 0 Å². The van der Waals surface area contributed by atoms with Crippen LogP contribution in [-0.4, -0.2) is 40.0 Å². The second-order valence-corrected chi connectivity index (χ2v) is 7.25. The van der Waals surface area contributed by atoms with Gasteiger partial charge in [0.15, 0.2) is 5.76 Å². The Bertz CT molecular complexity index is 605. The molecule has 1 spiro atoms.